The Hall–Kier alpha value is -0.620. The lowest BCUT2D eigenvalue weighted by molar-refractivity contribution is -0.122. The van der Waals surface area contributed by atoms with Crippen molar-refractivity contribution in [1.82, 2.24) is 5.32 Å². The summed E-state index contributed by atoms with van der Waals surface area (Å²) < 4.78 is 22.5. The third-order valence-corrected chi connectivity index (χ3v) is 4.46. The van der Waals surface area contributed by atoms with Crippen molar-refractivity contribution in [1.29, 1.82) is 0 Å². The SMILES string of the molecule is CC1(NC(=O)CCCN)CCS(=O)(=O)C1. The minimum atomic E-state index is -2.96. The van der Waals surface area contributed by atoms with Crippen molar-refractivity contribution in [3.8, 4) is 0 Å². The van der Waals surface area contributed by atoms with Gasteiger partial charge in [0.1, 0.15) is 0 Å². The predicted octanol–water partition coefficient (Wildman–Crippen LogP) is -0.581. The quantitative estimate of drug-likeness (QED) is 0.681. The third kappa shape index (κ3) is 3.79. The number of hydrogen-bond donors (Lipinski definition) is 2. The molecule has 0 radical (unpaired) electrons. The minimum Gasteiger partial charge on any atom is -0.350 e. The molecule has 1 unspecified atom stereocenters. The normalized spacial score (nSPS) is 28.9. The van der Waals surface area contributed by atoms with Crippen LogP contribution in [0.15, 0.2) is 0 Å². The first-order chi connectivity index (χ1) is 6.87. The van der Waals surface area contributed by atoms with Gasteiger partial charge < -0.3 is 11.1 Å². The molecule has 1 rings (SSSR count). The average molecular weight is 234 g/mol. The van der Waals surface area contributed by atoms with E-state index in [1.54, 1.807) is 6.92 Å². The second-order valence-corrected chi connectivity index (χ2v) is 6.53. The summed E-state index contributed by atoms with van der Waals surface area (Å²) in [5, 5.41) is 2.77. The smallest absolute Gasteiger partial charge is 0.220 e. The Morgan fingerprint density at radius 3 is 2.67 bits per heavy atom. The van der Waals surface area contributed by atoms with E-state index in [0.717, 1.165) is 0 Å². The lowest BCUT2D eigenvalue weighted by Crippen LogP contribution is -2.46. The van der Waals surface area contributed by atoms with Gasteiger partial charge in [0.15, 0.2) is 9.84 Å². The Morgan fingerprint density at radius 2 is 2.20 bits per heavy atom. The molecular formula is C9H18N2O3S. The summed E-state index contributed by atoms with van der Waals surface area (Å²) in [5.74, 6) is 0.106. The molecule has 1 fully saturated rings. The number of sulfone groups is 1. The molecule has 0 aromatic rings. The van der Waals surface area contributed by atoms with Crippen LogP contribution in [0.5, 0.6) is 0 Å². The molecular weight excluding hydrogens is 216 g/mol. The second kappa shape index (κ2) is 4.49. The highest BCUT2D eigenvalue weighted by Crippen LogP contribution is 2.22. The molecule has 88 valence electrons. The van der Waals surface area contributed by atoms with E-state index in [0.29, 0.717) is 25.8 Å². The van der Waals surface area contributed by atoms with Crippen LogP contribution < -0.4 is 11.1 Å². The van der Waals surface area contributed by atoms with Crippen molar-refractivity contribution in [2.45, 2.75) is 31.7 Å². The Bertz CT molecular complexity index is 339. The molecule has 0 saturated carbocycles. The fraction of sp³-hybridized carbons (Fsp3) is 0.889. The third-order valence-electron chi connectivity index (χ3n) is 2.55. The highest BCUT2D eigenvalue weighted by Gasteiger charge is 2.39. The Kier molecular flexibility index (Phi) is 3.72. The van der Waals surface area contributed by atoms with E-state index in [1.807, 2.05) is 0 Å². The molecule has 1 aliphatic heterocycles. The van der Waals surface area contributed by atoms with Gasteiger partial charge in [0.25, 0.3) is 0 Å². The van der Waals surface area contributed by atoms with Gasteiger partial charge in [-0.05, 0) is 26.3 Å². The van der Waals surface area contributed by atoms with E-state index >= 15 is 0 Å². The van der Waals surface area contributed by atoms with Gasteiger partial charge in [0, 0.05) is 6.42 Å². The first kappa shape index (κ1) is 12.4. The molecule has 0 aromatic carbocycles. The van der Waals surface area contributed by atoms with E-state index in [4.69, 9.17) is 5.73 Å². The first-order valence-electron chi connectivity index (χ1n) is 5.08. The molecule has 0 spiro atoms. The van der Waals surface area contributed by atoms with Crippen molar-refractivity contribution >= 4 is 15.7 Å². The number of amides is 1. The lowest BCUT2D eigenvalue weighted by atomic mass is 10.0. The van der Waals surface area contributed by atoms with Gasteiger partial charge in [-0.1, -0.05) is 0 Å². The number of nitrogens with one attached hydrogen (secondary N) is 1. The Morgan fingerprint density at radius 1 is 1.53 bits per heavy atom. The maximum Gasteiger partial charge on any atom is 0.220 e. The highest BCUT2D eigenvalue weighted by atomic mass is 32.2. The van der Waals surface area contributed by atoms with Gasteiger partial charge in [0.2, 0.25) is 5.91 Å². The van der Waals surface area contributed by atoms with Crippen molar-refractivity contribution in [3.63, 3.8) is 0 Å². The molecule has 1 amide bonds. The fourth-order valence-electron chi connectivity index (χ4n) is 1.77. The maximum atomic E-state index is 11.4. The molecule has 0 aromatic heterocycles. The topological polar surface area (TPSA) is 89.3 Å². The summed E-state index contributed by atoms with van der Waals surface area (Å²) in [5.41, 5.74) is 4.71. The molecule has 5 nitrogen and oxygen atoms in total. The number of hydrogen-bond acceptors (Lipinski definition) is 4. The zero-order valence-electron chi connectivity index (χ0n) is 8.95. The van der Waals surface area contributed by atoms with Gasteiger partial charge in [-0.3, -0.25) is 4.79 Å². The van der Waals surface area contributed by atoms with Crippen LogP contribution in [-0.4, -0.2) is 37.9 Å². The van der Waals surface area contributed by atoms with Crippen LogP contribution in [0, 0.1) is 0 Å². The summed E-state index contributed by atoms with van der Waals surface area (Å²) in [6.07, 6.45) is 1.50. The standard InChI is InChI=1S/C9H18N2O3S/c1-9(4-6-15(13,14)7-9)11-8(12)3-2-5-10/h2-7,10H2,1H3,(H,11,12). The minimum absolute atomic E-state index is 0.0500. The molecule has 1 atom stereocenters. The summed E-state index contributed by atoms with van der Waals surface area (Å²) >= 11 is 0. The van der Waals surface area contributed by atoms with Gasteiger partial charge >= 0.3 is 0 Å². The van der Waals surface area contributed by atoms with Gasteiger partial charge in [-0.15, -0.1) is 0 Å². The predicted molar refractivity (Wildman–Crippen MR) is 58.1 cm³/mol. The van der Waals surface area contributed by atoms with E-state index in [2.05, 4.69) is 5.32 Å². The van der Waals surface area contributed by atoms with Gasteiger partial charge in [-0.2, -0.15) is 0 Å². The molecule has 1 saturated heterocycles. The Labute approximate surface area is 90.3 Å². The van der Waals surface area contributed by atoms with E-state index in [1.165, 1.54) is 0 Å². The largest absolute Gasteiger partial charge is 0.350 e. The second-order valence-electron chi connectivity index (χ2n) is 4.34. The summed E-state index contributed by atoms with van der Waals surface area (Å²) in [6.45, 7) is 2.25. The van der Waals surface area contributed by atoms with Crippen molar-refractivity contribution in [2.24, 2.45) is 5.73 Å². The summed E-state index contributed by atoms with van der Waals surface area (Å²) in [7, 11) is -2.96. The number of rotatable bonds is 4. The van der Waals surface area contributed by atoms with E-state index in [9.17, 15) is 13.2 Å². The number of carbonyl (C=O) groups excluding carboxylic acids is 1. The molecule has 1 heterocycles. The lowest BCUT2D eigenvalue weighted by Gasteiger charge is -2.23. The average Bonchev–Trinajstić information content (AvgIpc) is 2.37. The molecule has 0 aliphatic carbocycles. The summed E-state index contributed by atoms with van der Waals surface area (Å²) in [4.78, 5) is 11.4. The van der Waals surface area contributed by atoms with Gasteiger partial charge in [-0.25, -0.2) is 8.42 Å². The van der Waals surface area contributed by atoms with Crippen LogP contribution in [0.4, 0.5) is 0 Å². The first-order valence-corrected chi connectivity index (χ1v) is 6.91. The molecule has 15 heavy (non-hydrogen) atoms. The number of nitrogens with two attached hydrogens (primary N) is 1. The zero-order chi connectivity index (χ0) is 11.5. The molecule has 0 bridgehead atoms. The molecule has 6 heteroatoms. The van der Waals surface area contributed by atoms with Crippen LogP contribution in [0.25, 0.3) is 0 Å². The van der Waals surface area contributed by atoms with Crippen LogP contribution >= 0.6 is 0 Å². The van der Waals surface area contributed by atoms with E-state index < -0.39 is 15.4 Å². The van der Waals surface area contributed by atoms with Crippen LogP contribution in [0.3, 0.4) is 0 Å². The number of carbonyl (C=O) groups is 1. The Balaban J connectivity index is 2.48. The van der Waals surface area contributed by atoms with Crippen molar-refractivity contribution in [3.05, 3.63) is 0 Å². The highest BCUT2D eigenvalue weighted by molar-refractivity contribution is 7.91. The monoisotopic (exact) mass is 234 g/mol. The zero-order valence-corrected chi connectivity index (χ0v) is 9.77. The summed E-state index contributed by atoms with van der Waals surface area (Å²) in [6, 6.07) is 0. The maximum absolute atomic E-state index is 11.4. The van der Waals surface area contributed by atoms with Crippen molar-refractivity contribution < 1.29 is 13.2 Å². The molecule has 1 aliphatic rings. The van der Waals surface area contributed by atoms with Crippen LogP contribution in [0.2, 0.25) is 0 Å². The van der Waals surface area contributed by atoms with Crippen molar-refractivity contribution in [2.75, 3.05) is 18.1 Å². The molecule has 3 N–H and O–H groups in total. The van der Waals surface area contributed by atoms with Crippen LogP contribution in [0.1, 0.15) is 26.2 Å². The fourth-order valence-corrected chi connectivity index (χ4v) is 3.86. The van der Waals surface area contributed by atoms with E-state index in [-0.39, 0.29) is 17.4 Å². The van der Waals surface area contributed by atoms with Gasteiger partial charge in [0.05, 0.1) is 17.0 Å². The van der Waals surface area contributed by atoms with Crippen LogP contribution in [-0.2, 0) is 14.6 Å².